The first-order valence-corrected chi connectivity index (χ1v) is 12.2. The fourth-order valence-corrected chi connectivity index (χ4v) is 6.57. The molecule has 3 aliphatic carbocycles. The van der Waals surface area contributed by atoms with Gasteiger partial charge in [0.2, 0.25) is 0 Å². The molecule has 0 spiro atoms. The molecule has 0 aromatic heterocycles. The third-order valence-electron chi connectivity index (χ3n) is 8.51. The summed E-state index contributed by atoms with van der Waals surface area (Å²) >= 11 is 0. The maximum absolute atomic E-state index is 10.9. The molecular formula is C27H44O2. The van der Waals surface area contributed by atoms with Crippen molar-refractivity contribution in [2.45, 2.75) is 104 Å². The summed E-state index contributed by atoms with van der Waals surface area (Å²) in [4.78, 5) is 0. The van der Waals surface area contributed by atoms with E-state index in [4.69, 9.17) is 0 Å². The lowest BCUT2D eigenvalue weighted by Gasteiger charge is -2.45. The van der Waals surface area contributed by atoms with Gasteiger partial charge in [-0.1, -0.05) is 57.6 Å². The molecule has 3 rings (SSSR count). The van der Waals surface area contributed by atoms with Crippen molar-refractivity contribution in [1.82, 2.24) is 0 Å². The quantitative estimate of drug-likeness (QED) is 0.528. The van der Waals surface area contributed by atoms with Crippen LogP contribution in [0.3, 0.4) is 0 Å². The van der Waals surface area contributed by atoms with Gasteiger partial charge in [0, 0.05) is 0 Å². The zero-order valence-corrected chi connectivity index (χ0v) is 19.3. The van der Waals surface area contributed by atoms with Crippen LogP contribution in [0.2, 0.25) is 0 Å². The first-order chi connectivity index (χ1) is 13.7. The minimum absolute atomic E-state index is 0.165. The van der Waals surface area contributed by atoms with Gasteiger partial charge in [-0.25, -0.2) is 0 Å². The lowest BCUT2D eigenvalue weighted by Crippen LogP contribution is -2.39. The smallest absolute Gasteiger partial charge is 0.0583 e. The van der Waals surface area contributed by atoms with Gasteiger partial charge in [-0.3, -0.25) is 0 Å². The van der Waals surface area contributed by atoms with Gasteiger partial charge in [-0.05, 0) is 98.9 Å². The highest BCUT2D eigenvalue weighted by Crippen LogP contribution is 2.60. The maximum atomic E-state index is 10.9. The van der Waals surface area contributed by atoms with E-state index in [0.29, 0.717) is 29.1 Å². The van der Waals surface area contributed by atoms with Gasteiger partial charge in [0.1, 0.15) is 0 Å². The highest BCUT2D eigenvalue weighted by Gasteiger charge is 2.51. The van der Waals surface area contributed by atoms with Crippen molar-refractivity contribution < 1.29 is 10.2 Å². The minimum Gasteiger partial charge on any atom is -0.393 e. The molecule has 2 N–H and O–H groups in total. The first-order valence-electron chi connectivity index (χ1n) is 12.2. The van der Waals surface area contributed by atoms with E-state index in [1.165, 1.54) is 43.3 Å². The number of aliphatic hydroxyl groups is 2. The third kappa shape index (κ3) is 5.07. The second-order valence-corrected chi connectivity index (χ2v) is 10.9. The van der Waals surface area contributed by atoms with Crippen molar-refractivity contribution in [3.8, 4) is 0 Å². The van der Waals surface area contributed by atoms with Crippen molar-refractivity contribution >= 4 is 0 Å². The number of fused-ring (bicyclic) bond motifs is 1. The van der Waals surface area contributed by atoms with Crippen molar-refractivity contribution in [2.75, 3.05) is 0 Å². The van der Waals surface area contributed by atoms with Crippen LogP contribution in [0.25, 0.3) is 0 Å². The Kier molecular flexibility index (Phi) is 7.49. The molecule has 3 aliphatic rings. The lowest BCUT2D eigenvalue weighted by atomic mass is 9.60. The van der Waals surface area contributed by atoms with E-state index in [-0.39, 0.29) is 12.2 Å². The Balaban J connectivity index is 1.73. The molecule has 0 amide bonds. The molecule has 3 fully saturated rings. The highest BCUT2D eigenvalue weighted by molar-refractivity contribution is 5.36. The molecule has 2 nitrogen and oxygen atoms in total. The lowest BCUT2D eigenvalue weighted by molar-refractivity contribution is 0.0147. The fourth-order valence-electron chi connectivity index (χ4n) is 6.57. The molecule has 0 aromatic carbocycles. The number of allylic oxidation sites excluding steroid dienone is 4. The molecule has 6 atom stereocenters. The SMILES string of the molecule is C=C1CC[C@H](O)C/C1=C/C=C1\CCC[C@]2(C)[C@@H]([C@H](C)C(O)CCC(C)C)CC[C@@H]12. The van der Waals surface area contributed by atoms with E-state index >= 15 is 0 Å². The number of aliphatic hydroxyl groups excluding tert-OH is 2. The summed E-state index contributed by atoms with van der Waals surface area (Å²) in [6, 6.07) is 0. The van der Waals surface area contributed by atoms with Crippen LogP contribution in [0.5, 0.6) is 0 Å². The van der Waals surface area contributed by atoms with Crippen molar-refractivity contribution in [3.63, 3.8) is 0 Å². The Morgan fingerprint density at radius 2 is 1.86 bits per heavy atom. The third-order valence-corrected chi connectivity index (χ3v) is 8.51. The van der Waals surface area contributed by atoms with Gasteiger partial charge in [0.25, 0.3) is 0 Å². The van der Waals surface area contributed by atoms with Crippen molar-refractivity contribution in [3.05, 3.63) is 35.5 Å². The minimum atomic E-state index is -0.203. The summed E-state index contributed by atoms with van der Waals surface area (Å²) < 4.78 is 0. The number of rotatable bonds is 6. The average Bonchev–Trinajstić information content (AvgIpc) is 3.03. The summed E-state index contributed by atoms with van der Waals surface area (Å²) in [7, 11) is 0. The Labute approximate surface area is 179 Å². The van der Waals surface area contributed by atoms with E-state index in [2.05, 4.69) is 46.4 Å². The standard InChI is InChI=1S/C27H44O2/c1-18(2)8-15-26(29)20(4)24-13-14-25-21(7-6-16-27(24,25)5)10-11-22-17-23(28)12-9-19(22)3/h10-11,18,20,23-26,28-29H,3,6-9,12-17H2,1-2,4-5H3/b21-10+,22-11-/t20-,23-,24+,25-,26?,27+/m0/s1. The Hall–Kier alpha value is -0.860. The normalized spacial score (nSPS) is 37.9. The van der Waals surface area contributed by atoms with Crippen LogP contribution in [0.15, 0.2) is 35.5 Å². The predicted octanol–water partition coefficient (Wildman–Crippen LogP) is 6.59. The second-order valence-electron chi connectivity index (χ2n) is 10.9. The molecule has 0 heterocycles. The molecule has 0 radical (unpaired) electrons. The summed E-state index contributed by atoms with van der Waals surface area (Å²) in [5, 5.41) is 20.9. The van der Waals surface area contributed by atoms with E-state index < -0.39 is 0 Å². The Bertz CT molecular complexity index is 643. The second kappa shape index (κ2) is 9.52. The van der Waals surface area contributed by atoms with Gasteiger partial charge in [-0.15, -0.1) is 0 Å². The summed E-state index contributed by atoms with van der Waals surface area (Å²) in [5.74, 6) is 2.32. The fraction of sp³-hybridized carbons (Fsp3) is 0.778. The van der Waals surface area contributed by atoms with Gasteiger partial charge in [-0.2, -0.15) is 0 Å². The van der Waals surface area contributed by atoms with E-state index in [1.54, 1.807) is 5.57 Å². The zero-order valence-electron chi connectivity index (χ0n) is 19.3. The van der Waals surface area contributed by atoms with E-state index in [1.807, 2.05) is 0 Å². The summed E-state index contributed by atoms with van der Waals surface area (Å²) in [6.45, 7) is 13.5. The topological polar surface area (TPSA) is 40.5 Å². The van der Waals surface area contributed by atoms with Gasteiger partial charge in [0.15, 0.2) is 0 Å². The van der Waals surface area contributed by atoms with Crippen LogP contribution in [0.4, 0.5) is 0 Å². The molecule has 0 aliphatic heterocycles. The van der Waals surface area contributed by atoms with Crippen LogP contribution in [0, 0.1) is 29.1 Å². The zero-order chi connectivity index (χ0) is 21.2. The molecule has 3 saturated carbocycles. The van der Waals surface area contributed by atoms with Crippen LogP contribution < -0.4 is 0 Å². The molecule has 1 unspecified atom stereocenters. The van der Waals surface area contributed by atoms with Gasteiger partial charge in [0.05, 0.1) is 12.2 Å². The molecule has 29 heavy (non-hydrogen) atoms. The summed E-state index contributed by atoms with van der Waals surface area (Å²) in [6.07, 6.45) is 15.1. The molecule has 0 aromatic rings. The van der Waals surface area contributed by atoms with Crippen LogP contribution in [-0.4, -0.2) is 22.4 Å². The molecule has 164 valence electrons. The predicted molar refractivity (Wildman–Crippen MR) is 123 cm³/mol. The van der Waals surface area contributed by atoms with Gasteiger partial charge >= 0.3 is 0 Å². The van der Waals surface area contributed by atoms with E-state index in [9.17, 15) is 10.2 Å². The largest absolute Gasteiger partial charge is 0.393 e. The Morgan fingerprint density at radius 3 is 2.59 bits per heavy atom. The van der Waals surface area contributed by atoms with Crippen molar-refractivity contribution in [1.29, 1.82) is 0 Å². The maximum Gasteiger partial charge on any atom is 0.0583 e. The highest BCUT2D eigenvalue weighted by atomic mass is 16.3. The monoisotopic (exact) mass is 400 g/mol. The number of hydrogen-bond acceptors (Lipinski definition) is 2. The molecule has 0 bridgehead atoms. The van der Waals surface area contributed by atoms with Crippen LogP contribution in [0.1, 0.15) is 91.9 Å². The van der Waals surface area contributed by atoms with Crippen LogP contribution in [-0.2, 0) is 0 Å². The first kappa shape index (κ1) is 22.8. The molecule has 0 saturated heterocycles. The van der Waals surface area contributed by atoms with Gasteiger partial charge < -0.3 is 10.2 Å². The molecule has 2 heteroatoms. The van der Waals surface area contributed by atoms with Crippen LogP contribution >= 0.6 is 0 Å². The van der Waals surface area contributed by atoms with Crippen molar-refractivity contribution in [2.24, 2.45) is 29.1 Å². The summed E-state index contributed by atoms with van der Waals surface area (Å²) in [5.41, 5.74) is 4.38. The average molecular weight is 401 g/mol. The Morgan fingerprint density at radius 1 is 1.10 bits per heavy atom. The number of hydrogen-bond donors (Lipinski definition) is 2. The molecular weight excluding hydrogens is 356 g/mol. The van der Waals surface area contributed by atoms with E-state index in [0.717, 1.165) is 32.1 Å².